The quantitative estimate of drug-likeness (QED) is 0.890. The lowest BCUT2D eigenvalue weighted by Gasteiger charge is -2.17. The molecular weight excluding hydrogens is 294 g/mol. The van der Waals surface area contributed by atoms with Gasteiger partial charge in [0.2, 0.25) is 5.13 Å². The Morgan fingerprint density at radius 3 is 2.95 bits per heavy atom. The zero-order valence-electron chi connectivity index (χ0n) is 10.8. The van der Waals surface area contributed by atoms with Crippen LogP contribution >= 0.6 is 11.5 Å². The van der Waals surface area contributed by atoms with Crippen molar-refractivity contribution >= 4 is 34.4 Å². The molecular formula is C12H11N5O3S. The molecule has 1 atom stereocenters. The van der Waals surface area contributed by atoms with Crippen LogP contribution in [0.5, 0.6) is 0 Å². The number of nitrogens with one attached hydrogen (secondary N) is 1. The van der Waals surface area contributed by atoms with Crippen molar-refractivity contribution in [2.24, 2.45) is 0 Å². The Hall–Kier alpha value is -2.55. The summed E-state index contributed by atoms with van der Waals surface area (Å²) in [5, 5.41) is 19.0. The highest BCUT2D eigenvalue weighted by atomic mass is 32.1. The number of para-hydroxylation sites is 1. The second-order valence-electron chi connectivity index (χ2n) is 4.56. The molecule has 8 nitrogen and oxygen atoms in total. The Morgan fingerprint density at radius 2 is 2.24 bits per heavy atom. The number of anilines is 2. The van der Waals surface area contributed by atoms with E-state index in [4.69, 9.17) is 5.11 Å². The number of fused-ring (bicyclic) bond motifs is 1. The largest absolute Gasteiger partial charge is 0.481 e. The van der Waals surface area contributed by atoms with E-state index >= 15 is 0 Å². The number of rotatable bonds is 3. The maximum Gasteiger partial charge on any atom is 0.328 e. The van der Waals surface area contributed by atoms with E-state index in [1.165, 1.54) is 4.90 Å². The zero-order valence-corrected chi connectivity index (χ0v) is 11.6. The molecule has 21 heavy (non-hydrogen) atoms. The van der Waals surface area contributed by atoms with Gasteiger partial charge in [-0.15, -0.1) is 0 Å². The van der Waals surface area contributed by atoms with Gasteiger partial charge in [-0.25, -0.2) is 4.79 Å². The Labute approximate surface area is 123 Å². The van der Waals surface area contributed by atoms with E-state index in [0.717, 1.165) is 22.8 Å². The van der Waals surface area contributed by atoms with E-state index in [0.29, 0.717) is 11.7 Å². The molecule has 3 rings (SSSR count). The molecule has 9 heteroatoms. The van der Waals surface area contributed by atoms with Crippen LogP contribution in [0.4, 0.5) is 15.6 Å². The van der Waals surface area contributed by atoms with Gasteiger partial charge < -0.3 is 5.11 Å². The summed E-state index contributed by atoms with van der Waals surface area (Å²) in [5.41, 5.74) is 1.59. The van der Waals surface area contributed by atoms with Crippen molar-refractivity contribution in [1.29, 1.82) is 0 Å². The average Bonchev–Trinajstić information content (AvgIpc) is 3.07. The number of aromatic nitrogens is 3. The number of aliphatic carboxylic acids is 1. The lowest BCUT2D eigenvalue weighted by molar-refractivity contribution is -0.137. The third-order valence-corrected chi connectivity index (χ3v) is 3.76. The summed E-state index contributed by atoms with van der Waals surface area (Å²) >= 11 is 0.978. The van der Waals surface area contributed by atoms with Gasteiger partial charge in [0.05, 0.1) is 6.42 Å². The lowest BCUT2D eigenvalue weighted by atomic mass is 9.98. The number of nitrogens with zero attached hydrogens (tertiary/aromatic N) is 4. The first-order chi connectivity index (χ1) is 10.1. The average molecular weight is 305 g/mol. The second kappa shape index (κ2) is 5.44. The summed E-state index contributed by atoms with van der Waals surface area (Å²) in [6.07, 6.45) is -0.0127. The van der Waals surface area contributed by atoms with Crippen molar-refractivity contribution in [2.45, 2.75) is 12.3 Å². The highest BCUT2D eigenvalue weighted by Crippen LogP contribution is 2.38. The minimum absolute atomic E-state index is 0.0127. The van der Waals surface area contributed by atoms with Gasteiger partial charge in [-0.1, -0.05) is 27.8 Å². The fourth-order valence-electron chi connectivity index (χ4n) is 2.41. The van der Waals surface area contributed by atoms with Crippen molar-refractivity contribution in [3.05, 3.63) is 29.8 Å². The summed E-state index contributed by atoms with van der Waals surface area (Å²) in [4.78, 5) is 24.8. The number of carboxylic acid groups (broad SMARTS) is 1. The highest BCUT2D eigenvalue weighted by molar-refractivity contribution is 7.09. The van der Waals surface area contributed by atoms with Gasteiger partial charge in [-0.2, -0.15) is 0 Å². The van der Waals surface area contributed by atoms with Gasteiger partial charge in [0.15, 0.2) is 0 Å². The van der Waals surface area contributed by atoms with Gasteiger partial charge in [0.25, 0.3) is 0 Å². The molecule has 0 fully saturated rings. The van der Waals surface area contributed by atoms with E-state index in [2.05, 4.69) is 20.1 Å². The summed E-state index contributed by atoms with van der Waals surface area (Å²) < 4.78 is 3.57. The van der Waals surface area contributed by atoms with Crippen LogP contribution in [-0.2, 0) is 4.79 Å². The van der Waals surface area contributed by atoms with Crippen LogP contribution in [0.15, 0.2) is 24.3 Å². The molecule has 0 aliphatic carbocycles. The zero-order chi connectivity index (χ0) is 14.8. The minimum atomic E-state index is -0.884. The minimum Gasteiger partial charge on any atom is -0.481 e. The molecule has 1 aliphatic heterocycles. The lowest BCUT2D eigenvalue weighted by Crippen LogP contribution is -2.34. The van der Waals surface area contributed by atoms with Crippen LogP contribution < -0.4 is 10.2 Å². The molecule has 0 bridgehead atoms. The van der Waals surface area contributed by atoms with E-state index in [-0.39, 0.29) is 18.4 Å². The molecule has 0 radical (unpaired) electrons. The first-order valence-electron chi connectivity index (χ1n) is 6.19. The first kappa shape index (κ1) is 13.4. The highest BCUT2D eigenvalue weighted by Gasteiger charge is 2.33. The maximum absolute atomic E-state index is 12.3. The van der Waals surface area contributed by atoms with E-state index in [1.807, 2.05) is 18.2 Å². The monoisotopic (exact) mass is 305 g/mol. The number of carbonyl (C=O) groups excluding carboxylic acids is 1. The number of hydrogen-bond donors (Lipinski definition) is 2. The molecule has 1 aromatic carbocycles. The Morgan fingerprint density at radius 1 is 1.43 bits per heavy atom. The van der Waals surface area contributed by atoms with E-state index < -0.39 is 5.97 Å². The van der Waals surface area contributed by atoms with Crippen LogP contribution in [0.25, 0.3) is 0 Å². The first-order valence-corrected chi connectivity index (χ1v) is 6.97. The fourth-order valence-corrected chi connectivity index (χ4v) is 2.77. The van der Waals surface area contributed by atoms with E-state index in [1.54, 1.807) is 6.07 Å². The number of carbonyl (C=O) groups is 2. The molecule has 1 aliphatic rings. The summed E-state index contributed by atoms with van der Waals surface area (Å²) in [7, 11) is 0. The molecule has 2 heterocycles. The normalized spacial score (nSPS) is 16.6. The third-order valence-electron chi connectivity index (χ3n) is 3.25. The predicted octanol–water partition coefficient (Wildman–Crippen LogP) is 1.54. The standard InChI is InChI=1S/C12H11N5O3S/c18-10(19)5-7-6-17(9-4-2-1-3-8(7)9)12(20)13-11-14-15-16-21-11/h1-4,7H,5-6H2,(H,18,19)(H,13,14,16,20). The molecule has 0 saturated heterocycles. The van der Waals surface area contributed by atoms with Gasteiger partial charge in [0.1, 0.15) is 0 Å². The number of hydrogen-bond acceptors (Lipinski definition) is 6. The van der Waals surface area contributed by atoms with Crippen molar-refractivity contribution in [3.8, 4) is 0 Å². The second-order valence-corrected chi connectivity index (χ2v) is 5.29. The third kappa shape index (κ3) is 2.68. The Balaban J connectivity index is 1.83. The summed E-state index contributed by atoms with van der Waals surface area (Å²) in [5.74, 6) is -1.10. The van der Waals surface area contributed by atoms with Crippen LogP contribution in [0.3, 0.4) is 0 Å². The van der Waals surface area contributed by atoms with Crippen LogP contribution in [0.1, 0.15) is 17.9 Å². The van der Waals surface area contributed by atoms with Crippen molar-refractivity contribution in [1.82, 2.24) is 14.8 Å². The van der Waals surface area contributed by atoms with Gasteiger partial charge in [0, 0.05) is 29.7 Å². The smallest absolute Gasteiger partial charge is 0.328 e. The topological polar surface area (TPSA) is 108 Å². The molecule has 1 aromatic heterocycles. The fraction of sp³-hybridized carbons (Fsp3) is 0.250. The Bertz CT molecular complexity index is 675. The van der Waals surface area contributed by atoms with Gasteiger partial charge in [-0.3, -0.25) is 15.0 Å². The molecule has 2 N–H and O–H groups in total. The number of amides is 2. The summed E-state index contributed by atoms with van der Waals surface area (Å²) in [6.45, 7) is 0.323. The van der Waals surface area contributed by atoms with Gasteiger partial charge >= 0.3 is 12.0 Å². The molecule has 1 unspecified atom stereocenters. The number of carboxylic acids is 1. The molecule has 0 saturated carbocycles. The maximum atomic E-state index is 12.3. The van der Waals surface area contributed by atoms with Crippen LogP contribution in [-0.4, -0.2) is 38.5 Å². The van der Waals surface area contributed by atoms with E-state index in [9.17, 15) is 9.59 Å². The van der Waals surface area contributed by atoms with Crippen LogP contribution in [0.2, 0.25) is 0 Å². The molecule has 2 amide bonds. The molecule has 0 spiro atoms. The predicted molar refractivity (Wildman–Crippen MR) is 75.5 cm³/mol. The SMILES string of the molecule is O=C(O)CC1CN(C(=O)Nc2nnns2)c2ccccc21. The van der Waals surface area contributed by atoms with Crippen molar-refractivity contribution in [2.75, 3.05) is 16.8 Å². The number of urea groups is 1. The van der Waals surface area contributed by atoms with Crippen molar-refractivity contribution in [3.63, 3.8) is 0 Å². The van der Waals surface area contributed by atoms with Crippen LogP contribution in [0, 0.1) is 0 Å². The number of benzene rings is 1. The molecule has 108 valence electrons. The molecule has 2 aromatic rings. The van der Waals surface area contributed by atoms with Crippen molar-refractivity contribution < 1.29 is 14.7 Å². The van der Waals surface area contributed by atoms with Gasteiger partial charge in [-0.05, 0) is 16.8 Å². The Kier molecular flexibility index (Phi) is 3.48. The summed E-state index contributed by atoms with van der Waals surface area (Å²) in [6, 6.07) is 6.94.